The first-order valence-electron chi connectivity index (χ1n) is 6.20. The molecule has 2 rings (SSSR count). The van der Waals surface area contributed by atoms with Crippen LogP contribution in [0.4, 0.5) is 8.78 Å². The average molecular weight is 239 g/mol. The second-order valence-corrected chi connectivity index (χ2v) is 5.23. The van der Waals surface area contributed by atoms with Gasteiger partial charge in [0, 0.05) is 11.6 Å². The number of benzene rings is 1. The number of hydrogen-bond acceptors (Lipinski definition) is 1. The Labute approximate surface area is 101 Å². The molecule has 94 valence electrons. The lowest BCUT2D eigenvalue weighted by atomic mass is 9.77. The maximum absolute atomic E-state index is 13.8. The fourth-order valence-corrected chi connectivity index (χ4v) is 3.09. The van der Waals surface area contributed by atoms with Crippen molar-refractivity contribution in [3.63, 3.8) is 0 Å². The molecule has 0 amide bonds. The maximum Gasteiger partial charge on any atom is 0.163 e. The molecular weight excluding hydrogens is 220 g/mol. The molecule has 1 saturated carbocycles. The van der Waals surface area contributed by atoms with Crippen molar-refractivity contribution < 1.29 is 8.78 Å². The highest BCUT2D eigenvalue weighted by molar-refractivity contribution is 5.25. The van der Waals surface area contributed by atoms with Crippen LogP contribution in [0.5, 0.6) is 0 Å². The summed E-state index contributed by atoms with van der Waals surface area (Å²) < 4.78 is 27.1. The minimum atomic E-state index is -0.760. The predicted octanol–water partition coefficient (Wildman–Crippen LogP) is 3.81. The molecule has 0 saturated heterocycles. The molecule has 1 fully saturated rings. The fraction of sp³-hybridized carbons (Fsp3) is 0.571. The Kier molecular flexibility index (Phi) is 3.48. The van der Waals surface area contributed by atoms with E-state index in [1.54, 1.807) is 12.1 Å². The van der Waals surface area contributed by atoms with Gasteiger partial charge in [-0.1, -0.05) is 31.9 Å². The van der Waals surface area contributed by atoms with Gasteiger partial charge in [-0.15, -0.1) is 0 Å². The zero-order valence-corrected chi connectivity index (χ0v) is 10.4. The third-order valence-electron chi connectivity index (χ3n) is 4.02. The molecule has 3 heteroatoms. The molecule has 0 spiro atoms. The Morgan fingerprint density at radius 3 is 2.47 bits per heavy atom. The van der Waals surface area contributed by atoms with Gasteiger partial charge in [-0.3, -0.25) is 0 Å². The van der Waals surface area contributed by atoms with Gasteiger partial charge in [-0.05, 0) is 31.4 Å². The largest absolute Gasteiger partial charge is 0.312 e. The molecule has 17 heavy (non-hydrogen) atoms. The summed E-state index contributed by atoms with van der Waals surface area (Å²) in [6.45, 7) is 2.16. The van der Waals surface area contributed by atoms with Crippen molar-refractivity contribution in [2.75, 3.05) is 7.05 Å². The molecule has 1 aliphatic carbocycles. The standard InChI is InChI=1S/C14H19F2N/c1-14(8-3-4-9-14)13(17-2)10-6-5-7-11(15)12(10)16/h5-7,13,17H,3-4,8-9H2,1-2H3. The van der Waals surface area contributed by atoms with Gasteiger partial charge in [0.15, 0.2) is 11.6 Å². The minimum Gasteiger partial charge on any atom is -0.312 e. The van der Waals surface area contributed by atoms with Crippen LogP contribution >= 0.6 is 0 Å². The molecule has 0 heterocycles. The van der Waals surface area contributed by atoms with E-state index in [1.165, 1.54) is 18.9 Å². The van der Waals surface area contributed by atoms with Gasteiger partial charge in [-0.2, -0.15) is 0 Å². The van der Waals surface area contributed by atoms with Crippen LogP contribution in [-0.4, -0.2) is 7.05 Å². The number of nitrogens with one attached hydrogen (secondary N) is 1. The van der Waals surface area contributed by atoms with E-state index in [9.17, 15) is 8.78 Å². The highest BCUT2D eigenvalue weighted by Crippen LogP contribution is 2.47. The Morgan fingerprint density at radius 1 is 1.24 bits per heavy atom. The molecule has 1 nitrogen and oxygen atoms in total. The number of halogens is 2. The van der Waals surface area contributed by atoms with Crippen molar-refractivity contribution in [3.05, 3.63) is 35.4 Å². The van der Waals surface area contributed by atoms with Crippen LogP contribution in [-0.2, 0) is 0 Å². The van der Waals surface area contributed by atoms with E-state index >= 15 is 0 Å². The highest BCUT2D eigenvalue weighted by atomic mass is 19.2. The molecule has 1 unspecified atom stereocenters. The van der Waals surface area contributed by atoms with Crippen LogP contribution in [0.25, 0.3) is 0 Å². The molecule has 1 aromatic rings. The van der Waals surface area contributed by atoms with Gasteiger partial charge in [0.1, 0.15) is 0 Å². The summed E-state index contributed by atoms with van der Waals surface area (Å²) in [5.74, 6) is -1.47. The molecule has 1 aromatic carbocycles. The van der Waals surface area contributed by atoms with Crippen LogP contribution in [0, 0.1) is 17.0 Å². The minimum absolute atomic E-state index is 0.0311. The molecule has 1 N–H and O–H groups in total. The van der Waals surface area contributed by atoms with Gasteiger partial charge in [-0.25, -0.2) is 8.78 Å². The zero-order valence-electron chi connectivity index (χ0n) is 10.4. The average Bonchev–Trinajstić information content (AvgIpc) is 2.73. The van der Waals surface area contributed by atoms with Crippen molar-refractivity contribution in [2.45, 2.75) is 38.6 Å². The first-order valence-corrected chi connectivity index (χ1v) is 6.20. The summed E-state index contributed by atoms with van der Waals surface area (Å²) in [4.78, 5) is 0. The fourth-order valence-electron chi connectivity index (χ4n) is 3.09. The first kappa shape index (κ1) is 12.5. The first-order chi connectivity index (χ1) is 8.08. The zero-order chi connectivity index (χ0) is 12.5. The van der Waals surface area contributed by atoms with Crippen LogP contribution in [0.3, 0.4) is 0 Å². The molecule has 0 aromatic heterocycles. The number of rotatable bonds is 3. The van der Waals surface area contributed by atoms with Gasteiger partial charge < -0.3 is 5.32 Å². The smallest absolute Gasteiger partial charge is 0.163 e. The molecule has 1 atom stereocenters. The van der Waals surface area contributed by atoms with Crippen LogP contribution in [0.15, 0.2) is 18.2 Å². The summed E-state index contributed by atoms with van der Waals surface area (Å²) in [5.41, 5.74) is 0.487. The summed E-state index contributed by atoms with van der Waals surface area (Å²) in [5, 5.41) is 3.16. The van der Waals surface area contributed by atoms with Gasteiger partial charge >= 0.3 is 0 Å². The van der Waals surface area contributed by atoms with Crippen molar-refractivity contribution >= 4 is 0 Å². The second-order valence-electron chi connectivity index (χ2n) is 5.23. The highest BCUT2D eigenvalue weighted by Gasteiger charge is 2.38. The van der Waals surface area contributed by atoms with Crippen LogP contribution in [0.1, 0.15) is 44.2 Å². The van der Waals surface area contributed by atoms with Crippen molar-refractivity contribution in [3.8, 4) is 0 Å². The summed E-state index contributed by atoms with van der Waals surface area (Å²) in [6.07, 6.45) is 4.47. The lowest BCUT2D eigenvalue weighted by Gasteiger charge is -2.34. The topological polar surface area (TPSA) is 12.0 Å². The lowest BCUT2D eigenvalue weighted by molar-refractivity contribution is 0.227. The molecule has 0 radical (unpaired) electrons. The number of hydrogen-bond donors (Lipinski definition) is 1. The molecular formula is C14H19F2N. The Hall–Kier alpha value is -0.960. The molecule has 1 aliphatic rings. The van der Waals surface area contributed by atoms with Crippen LogP contribution in [0.2, 0.25) is 0 Å². The van der Waals surface area contributed by atoms with E-state index in [-0.39, 0.29) is 11.5 Å². The van der Waals surface area contributed by atoms with E-state index < -0.39 is 11.6 Å². The predicted molar refractivity (Wildman–Crippen MR) is 64.7 cm³/mol. The SMILES string of the molecule is CNC(c1cccc(F)c1F)C1(C)CCCC1. The Morgan fingerprint density at radius 2 is 1.88 bits per heavy atom. The van der Waals surface area contributed by atoms with E-state index in [2.05, 4.69) is 12.2 Å². The lowest BCUT2D eigenvalue weighted by Crippen LogP contribution is -2.33. The monoisotopic (exact) mass is 239 g/mol. The van der Waals surface area contributed by atoms with E-state index in [0.29, 0.717) is 5.56 Å². The Balaban J connectivity index is 2.38. The van der Waals surface area contributed by atoms with E-state index in [1.807, 2.05) is 7.05 Å². The van der Waals surface area contributed by atoms with Gasteiger partial charge in [0.05, 0.1) is 0 Å². The van der Waals surface area contributed by atoms with Crippen molar-refractivity contribution in [1.29, 1.82) is 0 Å². The van der Waals surface area contributed by atoms with Gasteiger partial charge in [0.25, 0.3) is 0 Å². The van der Waals surface area contributed by atoms with Gasteiger partial charge in [0.2, 0.25) is 0 Å². The third kappa shape index (κ3) is 2.21. The summed E-state index contributed by atoms with van der Waals surface area (Å²) >= 11 is 0. The maximum atomic E-state index is 13.8. The van der Waals surface area contributed by atoms with E-state index in [4.69, 9.17) is 0 Å². The van der Waals surface area contributed by atoms with Crippen molar-refractivity contribution in [1.82, 2.24) is 5.32 Å². The second kappa shape index (κ2) is 4.73. The summed E-state index contributed by atoms with van der Waals surface area (Å²) in [6, 6.07) is 4.32. The molecule has 0 aliphatic heterocycles. The normalized spacial score (nSPS) is 20.5. The quantitative estimate of drug-likeness (QED) is 0.845. The summed E-state index contributed by atoms with van der Waals surface area (Å²) in [7, 11) is 1.82. The molecule has 0 bridgehead atoms. The van der Waals surface area contributed by atoms with E-state index in [0.717, 1.165) is 12.8 Å². The Bertz CT molecular complexity index is 397. The third-order valence-corrected chi connectivity index (χ3v) is 4.02. The van der Waals surface area contributed by atoms with Crippen LogP contribution < -0.4 is 5.32 Å². The van der Waals surface area contributed by atoms with Crippen molar-refractivity contribution in [2.24, 2.45) is 5.41 Å².